The lowest BCUT2D eigenvalue weighted by atomic mass is 9.93. The van der Waals surface area contributed by atoms with Gasteiger partial charge in [0, 0.05) is 10.0 Å². The summed E-state index contributed by atoms with van der Waals surface area (Å²) in [6.07, 6.45) is 1.81. The molecule has 37 heavy (non-hydrogen) atoms. The number of aromatic nitrogens is 1. The van der Waals surface area contributed by atoms with Crippen LogP contribution in [0, 0.1) is 12.7 Å². The second-order valence-corrected chi connectivity index (χ2v) is 10.4. The standard InChI is InChI=1S/C29H22BrFN2O3S/c1-3-36-28(35)24-25(19-7-5-4-6-8-19)32-29-33(26(24)20-11-13-21(31)14-12-20)27(34)23(37-29)16-18-10-9-17(2)22(30)15-18/h4-16,26H,3H2,1-2H3. The van der Waals surface area contributed by atoms with Gasteiger partial charge in [0.1, 0.15) is 5.82 Å². The van der Waals surface area contributed by atoms with Gasteiger partial charge in [-0.15, -0.1) is 0 Å². The van der Waals surface area contributed by atoms with E-state index in [4.69, 9.17) is 9.73 Å². The van der Waals surface area contributed by atoms with Gasteiger partial charge in [-0.3, -0.25) is 9.36 Å². The molecule has 3 aromatic carbocycles. The van der Waals surface area contributed by atoms with Crippen molar-refractivity contribution in [2.24, 2.45) is 4.99 Å². The molecule has 0 fully saturated rings. The summed E-state index contributed by atoms with van der Waals surface area (Å²) in [5.74, 6) is -0.984. The van der Waals surface area contributed by atoms with Crippen LogP contribution in [0.5, 0.6) is 0 Å². The van der Waals surface area contributed by atoms with Gasteiger partial charge in [-0.2, -0.15) is 0 Å². The molecular weight excluding hydrogens is 555 g/mol. The highest BCUT2D eigenvalue weighted by molar-refractivity contribution is 9.10. The van der Waals surface area contributed by atoms with E-state index in [0.717, 1.165) is 21.2 Å². The Morgan fingerprint density at radius 2 is 1.86 bits per heavy atom. The third-order valence-corrected chi connectivity index (χ3v) is 7.89. The number of halogens is 2. The molecule has 0 bridgehead atoms. The molecule has 5 nitrogen and oxygen atoms in total. The van der Waals surface area contributed by atoms with E-state index >= 15 is 0 Å². The first-order chi connectivity index (χ1) is 17.9. The van der Waals surface area contributed by atoms with E-state index in [-0.39, 0.29) is 17.7 Å². The van der Waals surface area contributed by atoms with E-state index in [2.05, 4.69) is 15.9 Å². The van der Waals surface area contributed by atoms with Gasteiger partial charge in [-0.05, 0) is 54.8 Å². The maximum atomic E-state index is 13.9. The number of carbonyl (C=O) groups is 1. The topological polar surface area (TPSA) is 60.7 Å². The summed E-state index contributed by atoms with van der Waals surface area (Å²) >= 11 is 4.79. The van der Waals surface area contributed by atoms with E-state index in [1.54, 1.807) is 19.1 Å². The average molecular weight is 577 g/mol. The van der Waals surface area contributed by atoms with Crippen LogP contribution >= 0.6 is 27.3 Å². The number of nitrogens with zero attached hydrogens (tertiary/aromatic N) is 2. The molecule has 0 radical (unpaired) electrons. The van der Waals surface area contributed by atoms with Crippen molar-refractivity contribution in [3.05, 3.63) is 131 Å². The number of benzene rings is 3. The summed E-state index contributed by atoms with van der Waals surface area (Å²) in [7, 11) is 0. The predicted octanol–water partition coefficient (Wildman–Crippen LogP) is 5.15. The minimum atomic E-state index is -0.835. The molecule has 2 heterocycles. The molecule has 4 aromatic rings. The van der Waals surface area contributed by atoms with Crippen LogP contribution in [0.4, 0.5) is 4.39 Å². The smallest absolute Gasteiger partial charge is 0.338 e. The Labute approximate surface area is 225 Å². The summed E-state index contributed by atoms with van der Waals surface area (Å²) in [6.45, 7) is 3.88. The van der Waals surface area contributed by atoms with Crippen LogP contribution < -0.4 is 14.9 Å². The summed E-state index contributed by atoms with van der Waals surface area (Å²) in [5.41, 5.74) is 3.62. The molecule has 1 unspecified atom stereocenters. The number of esters is 1. The number of thiazole rings is 1. The molecule has 0 saturated heterocycles. The quantitative estimate of drug-likeness (QED) is 0.309. The molecule has 0 spiro atoms. The van der Waals surface area contributed by atoms with Crippen molar-refractivity contribution in [3.8, 4) is 0 Å². The first kappa shape index (κ1) is 25.0. The minimum Gasteiger partial charge on any atom is -0.463 e. The highest BCUT2D eigenvalue weighted by Crippen LogP contribution is 2.35. The fourth-order valence-corrected chi connectivity index (χ4v) is 5.65. The minimum absolute atomic E-state index is 0.160. The van der Waals surface area contributed by atoms with Crippen LogP contribution in [0.3, 0.4) is 0 Å². The zero-order valence-corrected chi connectivity index (χ0v) is 22.5. The number of carbonyl (C=O) groups excluding carboxylic acids is 1. The zero-order valence-electron chi connectivity index (χ0n) is 20.1. The van der Waals surface area contributed by atoms with E-state index < -0.39 is 17.8 Å². The maximum Gasteiger partial charge on any atom is 0.338 e. The molecule has 1 aliphatic heterocycles. The van der Waals surface area contributed by atoms with Gasteiger partial charge in [0.2, 0.25) is 0 Å². The number of ether oxygens (including phenoxy) is 1. The molecule has 1 aliphatic rings. The molecule has 8 heteroatoms. The Hall–Kier alpha value is -3.62. The molecule has 186 valence electrons. The number of aryl methyl sites for hydroxylation is 1. The van der Waals surface area contributed by atoms with Gasteiger partial charge in [-0.25, -0.2) is 14.2 Å². The summed E-state index contributed by atoms with van der Waals surface area (Å²) in [4.78, 5) is 32.4. The molecule has 0 N–H and O–H groups in total. The highest BCUT2D eigenvalue weighted by Gasteiger charge is 2.35. The third-order valence-electron chi connectivity index (χ3n) is 6.05. The van der Waals surface area contributed by atoms with Crippen LogP contribution in [0.1, 0.15) is 35.2 Å². The SMILES string of the molecule is CCOC(=O)C1=C(c2ccccc2)N=c2sc(=Cc3ccc(C)c(Br)c3)c(=O)n2C1c1ccc(F)cc1. The summed E-state index contributed by atoms with van der Waals surface area (Å²) in [6, 6.07) is 20.1. The molecule has 1 atom stereocenters. The Balaban J connectivity index is 1.82. The van der Waals surface area contributed by atoms with Crippen molar-refractivity contribution >= 4 is 45.0 Å². The van der Waals surface area contributed by atoms with Crippen molar-refractivity contribution in [1.82, 2.24) is 4.57 Å². The van der Waals surface area contributed by atoms with Crippen LogP contribution in [0.25, 0.3) is 11.8 Å². The van der Waals surface area contributed by atoms with Gasteiger partial charge in [0.15, 0.2) is 4.80 Å². The van der Waals surface area contributed by atoms with Crippen LogP contribution in [-0.4, -0.2) is 17.1 Å². The number of hydrogen-bond donors (Lipinski definition) is 0. The van der Waals surface area contributed by atoms with Crippen LogP contribution in [0.15, 0.2) is 92.6 Å². The first-order valence-corrected chi connectivity index (χ1v) is 13.3. The molecule has 0 saturated carbocycles. The lowest BCUT2D eigenvalue weighted by molar-refractivity contribution is -0.138. The highest BCUT2D eigenvalue weighted by atomic mass is 79.9. The molecule has 1 aromatic heterocycles. The number of hydrogen-bond acceptors (Lipinski definition) is 5. The van der Waals surface area contributed by atoms with E-state index in [1.165, 1.54) is 28.0 Å². The van der Waals surface area contributed by atoms with Crippen molar-refractivity contribution in [3.63, 3.8) is 0 Å². The monoisotopic (exact) mass is 576 g/mol. The lowest BCUT2D eigenvalue weighted by Crippen LogP contribution is -2.40. The van der Waals surface area contributed by atoms with E-state index in [9.17, 15) is 14.0 Å². The lowest BCUT2D eigenvalue weighted by Gasteiger charge is -2.25. The Morgan fingerprint density at radius 3 is 2.54 bits per heavy atom. The largest absolute Gasteiger partial charge is 0.463 e. The Kier molecular flexibility index (Phi) is 7.04. The Morgan fingerprint density at radius 1 is 1.14 bits per heavy atom. The molecule has 0 amide bonds. The fraction of sp³-hybridized carbons (Fsp3) is 0.138. The van der Waals surface area contributed by atoms with Crippen LogP contribution in [-0.2, 0) is 9.53 Å². The normalized spacial score (nSPS) is 15.4. The maximum absolute atomic E-state index is 13.9. The summed E-state index contributed by atoms with van der Waals surface area (Å²) < 4.78 is 22.2. The second kappa shape index (κ2) is 10.4. The number of rotatable bonds is 5. The molecule has 0 aliphatic carbocycles. The molecular formula is C29H22BrFN2O3S. The van der Waals surface area contributed by atoms with Crippen molar-refractivity contribution in [2.45, 2.75) is 19.9 Å². The van der Waals surface area contributed by atoms with Crippen molar-refractivity contribution in [2.75, 3.05) is 6.61 Å². The van der Waals surface area contributed by atoms with Gasteiger partial charge in [-0.1, -0.05) is 81.9 Å². The average Bonchev–Trinajstić information content (AvgIpc) is 3.21. The van der Waals surface area contributed by atoms with Crippen molar-refractivity contribution in [1.29, 1.82) is 0 Å². The summed E-state index contributed by atoms with van der Waals surface area (Å²) in [5, 5.41) is 0. The van der Waals surface area contributed by atoms with Crippen molar-refractivity contribution < 1.29 is 13.9 Å². The fourth-order valence-electron chi connectivity index (χ4n) is 4.25. The second-order valence-electron chi connectivity index (χ2n) is 8.49. The Bertz CT molecular complexity index is 1710. The first-order valence-electron chi connectivity index (χ1n) is 11.7. The van der Waals surface area contributed by atoms with E-state index in [1.807, 2.05) is 61.5 Å². The number of fused-ring (bicyclic) bond motifs is 1. The zero-order chi connectivity index (χ0) is 26.1. The molecule has 5 rings (SSSR count). The third kappa shape index (κ3) is 4.86. The predicted molar refractivity (Wildman–Crippen MR) is 146 cm³/mol. The van der Waals surface area contributed by atoms with E-state index in [0.29, 0.717) is 20.6 Å². The van der Waals surface area contributed by atoms with Gasteiger partial charge < -0.3 is 4.74 Å². The van der Waals surface area contributed by atoms with Gasteiger partial charge in [0.25, 0.3) is 5.56 Å². The van der Waals surface area contributed by atoms with Gasteiger partial charge >= 0.3 is 5.97 Å². The van der Waals surface area contributed by atoms with Gasteiger partial charge in [0.05, 0.1) is 28.5 Å². The van der Waals surface area contributed by atoms with Crippen LogP contribution in [0.2, 0.25) is 0 Å².